The van der Waals surface area contributed by atoms with Crippen molar-refractivity contribution in [2.45, 2.75) is 72.8 Å². The third-order valence-corrected chi connectivity index (χ3v) is 4.55. The number of aliphatic hydroxyl groups is 3. The number of rotatable bonds is 8. The number of hydrogen-bond donors (Lipinski definition) is 3. The summed E-state index contributed by atoms with van der Waals surface area (Å²) >= 11 is 0. The standard InChI is InChI=1S/C22H32O5/c1-13(2)7-9-16-19(24)18(17(23)10-8-14(3)4)21(26)22(27,20(16)25)12-11-15(5)6/h7,11,14,24-25,27H,8-10,12H2,1-6H3/t22-/m0/s1. The van der Waals surface area contributed by atoms with Gasteiger partial charge in [-0.3, -0.25) is 9.59 Å². The van der Waals surface area contributed by atoms with Gasteiger partial charge in [0.25, 0.3) is 0 Å². The highest BCUT2D eigenvalue weighted by Crippen LogP contribution is 2.38. The van der Waals surface area contributed by atoms with Gasteiger partial charge < -0.3 is 15.3 Å². The quantitative estimate of drug-likeness (QED) is 0.424. The Morgan fingerprint density at radius 2 is 1.63 bits per heavy atom. The number of hydrogen-bond acceptors (Lipinski definition) is 5. The second-order valence-electron chi connectivity index (χ2n) is 8.07. The van der Waals surface area contributed by atoms with Crippen molar-refractivity contribution in [1.29, 1.82) is 0 Å². The fourth-order valence-corrected chi connectivity index (χ4v) is 2.78. The van der Waals surface area contributed by atoms with Crippen molar-refractivity contribution >= 4 is 11.6 Å². The average molecular weight is 376 g/mol. The summed E-state index contributed by atoms with van der Waals surface area (Å²) in [7, 11) is 0. The maximum absolute atomic E-state index is 12.9. The van der Waals surface area contributed by atoms with Crippen LogP contribution in [0.5, 0.6) is 0 Å². The summed E-state index contributed by atoms with van der Waals surface area (Å²) in [4.78, 5) is 25.6. The number of carbonyl (C=O) groups is 2. The molecule has 1 aliphatic rings. The first-order chi connectivity index (χ1) is 12.4. The van der Waals surface area contributed by atoms with Crippen molar-refractivity contribution in [3.8, 4) is 0 Å². The second-order valence-corrected chi connectivity index (χ2v) is 8.07. The van der Waals surface area contributed by atoms with Crippen LogP contribution in [0, 0.1) is 5.92 Å². The van der Waals surface area contributed by atoms with Crippen LogP contribution in [-0.4, -0.2) is 32.5 Å². The van der Waals surface area contributed by atoms with Gasteiger partial charge in [-0.1, -0.05) is 37.1 Å². The van der Waals surface area contributed by atoms with Crippen molar-refractivity contribution in [2.24, 2.45) is 5.92 Å². The van der Waals surface area contributed by atoms with Crippen LogP contribution in [0.4, 0.5) is 0 Å². The molecule has 0 aromatic rings. The van der Waals surface area contributed by atoms with E-state index in [0.29, 0.717) is 6.42 Å². The van der Waals surface area contributed by atoms with E-state index in [0.717, 1.165) is 11.1 Å². The number of ketones is 2. The highest BCUT2D eigenvalue weighted by molar-refractivity contribution is 6.25. The number of Topliss-reactive ketones (excluding diaryl/α,β-unsaturated/α-hetero) is 2. The van der Waals surface area contributed by atoms with Crippen LogP contribution in [-0.2, 0) is 9.59 Å². The molecule has 0 heterocycles. The van der Waals surface area contributed by atoms with Gasteiger partial charge in [0.15, 0.2) is 11.4 Å². The van der Waals surface area contributed by atoms with E-state index >= 15 is 0 Å². The molecule has 1 atom stereocenters. The Kier molecular flexibility index (Phi) is 7.78. The average Bonchev–Trinajstić information content (AvgIpc) is 2.56. The number of aliphatic hydroxyl groups excluding tert-OH is 2. The molecule has 1 aliphatic carbocycles. The summed E-state index contributed by atoms with van der Waals surface area (Å²) < 4.78 is 0. The Hall–Kier alpha value is -2.14. The number of carbonyl (C=O) groups excluding carboxylic acids is 2. The van der Waals surface area contributed by atoms with Crippen LogP contribution < -0.4 is 0 Å². The zero-order chi connectivity index (χ0) is 20.9. The van der Waals surface area contributed by atoms with Crippen molar-refractivity contribution in [1.82, 2.24) is 0 Å². The summed E-state index contributed by atoms with van der Waals surface area (Å²) in [6.07, 6.45) is 4.00. The molecule has 0 spiro atoms. The summed E-state index contributed by atoms with van der Waals surface area (Å²) in [6.45, 7) is 11.3. The van der Waals surface area contributed by atoms with Gasteiger partial charge in [0.2, 0.25) is 5.78 Å². The molecule has 0 fully saturated rings. The van der Waals surface area contributed by atoms with Crippen molar-refractivity contribution in [3.05, 3.63) is 46.0 Å². The molecule has 0 saturated carbocycles. The summed E-state index contributed by atoms with van der Waals surface area (Å²) in [5.74, 6) is -2.30. The molecule has 0 bridgehead atoms. The molecular formula is C22H32O5. The smallest absolute Gasteiger partial charge is 0.209 e. The van der Waals surface area contributed by atoms with E-state index < -0.39 is 34.3 Å². The van der Waals surface area contributed by atoms with E-state index in [-0.39, 0.29) is 30.8 Å². The third-order valence-electron chi connectivity index (χ3n) is 4.55. The molecule has 5 heteroatoms. The van der Waals surface area contributed by atoms with E-state index in [4.69, 9.17) is 0 Å². The van der Waals surface area contributed by atoms with Crippen LogP contribution in [0.3, 0.4) is 0 Å². The molecule has 0 aliphatic heterocycles. The van der Waals surface area contributed by atoms with E-state index in [1.54, 1.807) is 12.2 Å². The SMILES string of the molecule is CC(C)=CCC1=C(O)[C@@](O)(CC=C(C)C)C(=O)C(C(=O)CCC(C)C)=C1O. The summed E-state index contributed by atoms with van der Waals surface area (Å²) in [6, 6.07) is 0. The second kappa shape index (κ2) is 9.18. The maximum Gasteiger partial charge on any atom is 0.209 e. The van der Waals surface area contributed by atoms with E-state index in [2.05, 4.69) is 0 Å². The molecule has 3 N–H and O–H groups in total. The zero-order valence-corrected chi connectivity index (χ0v) is 17.2. The lowest BCUT2D eigenvalue weighted by Gasteiger charge is -2.32. The van der Waals surface area contributed by atoms with Crippen LogP contribution >= 0.6 is 0 Å². The largest absolute Gasteiger partial charge is 0.508 e. The highest BCUT2D eigenvalue weighted by Gasteiger charge is 2.49. The van der Waals surface area contributed by atoms with Crippen LogP contribution in [0.15, 0.2) is 46.0 Å². The first kappa shape index (κ1) is 22.9. The Balaban J connectivity index is 3.50. The minimum atomic E-state index is -2.24. The predicted octanol–water partition coefficient (Wildman–Crippen LogP) is 4.64. The third kappa shape index (κ3) is 5.42. The van der Waals surface area contributed by atoms with Crippen molar-refractivity contribution < 1.29 is 24.9 Å². The summed E-state index contributed by atoms with van der Waals surface area (Å²) in [5.41, 5.74) is -0.817. The monoisotopic (exact) mass is 376 g/mol. The van der Waals surface area contributed by atoms with E-state index in [1.807, 2.05) is 41.5 Å². The van der Waals surface area contributed by atoms with E-state index in [9.17, 15) is 24.9 Å². The minimum Gasteiger partial charge on any atom is -0.508 e. The first-order valence-electron chi connectivity index (χ1n) is 9.35. The fraction of sp³-hybridized carbons (Fsp3) is 0.545. The molecule has 0 saturated heterocycles. The molecule has 0 unspecified atom stereocenters. The lowest BCUT2D eigenvalue weighted by molar-refractivity contribution is -0.135. The lowest BCUT2D eigenvalue weighted by atomic mass is 9.77. The molecule has 0 aromatic carbocycles. The fourth-order valence-electron chi connectivity index (χ4n) is 2.78. The molecule has 1 rings (SSSR count). The lowest BCUT2D eigenvalue weighted by Crippen LogP contribution is -2.46. The maximum atomic E-state index is 12.9. The normalized spacial score (nSPS) is 20.2. The first-order valence-corrected chi connectivity index (χ1v) is 9.35. The molecular weight excluding hydrogens is 344 g/mol. The molecule has 0 radical (unpaired) electrons. The Labute approximate surface area is 161 Å². The molecule has 5 nitrogen and oxygen atoms in total. The Morgan fingerprint density at radius 1 is 1.07 bits per heavy atom. The Morgan fingerprint density at radius 3 is 2.11 bits per heavy atom. The van der Waals surface area contributed by atoms with E-state index in [1.165, 1.54) is 0 Å². The predicted molar refractivity (Wildman–Crippen MR) is 106 cm³/mol. The van der Waals surface area contributed by atoms with Crippen LogP contribution in [0.1, 0.15) is 67.2 Å². The Bertz CT molecular complexity index is 726. The van der Waals surface area contributed by atoms with Gasteiger partial charge in [0, 0.05) is 18.4 Å². The van der Waals surface area contributed by atoms with Gasteiger partial charge in [-0.15, -0.1) is 0 Å². The minimum absolute atomic E-state index is 0.0216. The molecule has 27 heavy (non-hydrogen) atoms. The topological polar surface area (TPSA) is 94.8 Å². The van der Waals surface area contributed by atoms with Gasteiger partial charge in [0.05, 0.1) is 0 Å². The summed E-state index contributed by atoms with van der Waals surface area (Å²) in [5, 5.41) is 32.2. The zero-order valence-electron chi connectivity index (χ0n) is 17.2. The van der Waals surface area contributed by atoms with Crippen LogP contribution in [0.2, 0.25) is 0 Å². The van der Waals surface area contributed by atoms with Gasteiger partial charge in [-0.25, -0.2) is 0 Å². The van der Waals surface area contributed by atoms with Crippen LogP contribution in [0.25, 0.3) is 0 Å². The number of allylic oxidation sites excluding steroid dienone is 4. The molecule has 0 aromatic heterocycles. The highest BCUT2D eigenvalue weighted by atomic mass is 16.3. The molecule has 0 amide bonds. The van der Waals surface area contributed by atoms with Gasteiger partial charge in [-0.2, -0.15) is 0 Å². The van der Waals surface area contributed by atoms with Gasteiger partial charge >= 0.3 is 0 Å². The van der Waals surface area contributed by atoms with Gasteiger partial charge in [0.1, 0.15) is 17.1 Å². The van der Waals surface area contributed by atoms with Gasteiger partial charge in [-0.05, 0) is 46.5 Å². The molecule has 150 valence electrons. The van der Waals surface area contributed by atoms with Crippen molar-refractivity contribution in [2.75, 3.05) is 0 Å². The van der Waals surface area contributed by atoms with Crippen molar-refractivity contribution in [3.63, 3.8) is 0 Å².